The van der Waals surface area contributed by atoms with Gasteiger partial charge in [0.15, 0.2) is 0 Å². The van der Waals surface area contributed by atoms with Crippen molar-refractivity contribution in [2.75, 3.05) is 0 Å². The molecule has 1 aliphatic carbocycles. The molecule has 0 bridgehead atoms. The van der Waals surface area contributed by atoms with Gasteiger partial charge in [0.2, 0.25) is 0 Å². The van der Waals surface area contributed by atoms with Crippen molar-refractivity contribution >= 4 is 12.0 Å². The first-order valence-electron chi connectivity index (χ1n) is 6.68. The smallest absolute Gasteiger partial charge is 0.326 e. The molecule has 0 spiro atoms. The van der Waals surface area contributed by atoms with Crippen LogP contribution in [-0.2, 0) is 4.79 Å². The summed E-state index contributed by atoms with van der Waals surface area (Å²) in [6.07, 6.45) is 2.52. The molecule has 0 radical (unpaired) electrons. The number of carboxylic acids is 1. The Morgan fingerprint density at radius 3 is 2.11 bits per heavy atom. The second-order valence-electron chi connectivity index (χ2n) is 6.26. The number of urea groups is 1. The van der Waals surface area contributed by atoms with Crippen LogP contribution in [0.2, 0.25) is 0 Å². The number of carbonyl (C=O) groups is 2. The predicted molar refractivity (Wildman–Crippen MR) is 70.8 cm³/mol. The number of nitrogens with one attached hydrogen (secondary N) is 2. The van der Waals surface area contributed by atoms with Crippen molar-refractivity contribution in [3.05, 3.63) is 0 Å². The highest BCUT2D eigenvalue weighted by molar-refractivity contribution is 5.83. The summed E-state index contributed by atoms with van der Waals surface area (Å²) in [5.74, 6) is -1.04. The highest BCUT2D eigenvalue weighted by Crippen LogP contribution is 2.20. The Balaban J connectivity index is 2.47. The highest BCUT2D eigenvalue weighted by atomic mass is 16.4. The number of rotatable bonds is 3. The third-order valence-electron chi connectivity index (χ3n) is 3.42. The lowest BCUT2D eigenvalue weighted by Crippen LogP contribution is -2.54. The van der Waals surface area contributed by atoms with Crippen LogP contribution < -0.4 is 10.6 Å². The van der Waals surface area contributed by atoms with E-state index in [4.69, 9.17) is 5.11 Å². The minimum Gasteiger partial charge on any atom is -0.480 e. The van der Waals surface area contributed by atoms with Crippen molar-refractivity contribution in [3.8, 4) is 0 Å². The fourth-order valence-corrected chi connectivity index (χ4v) is 2.23. The molecule has 0 aromatic carbocycles. The summed E-state index contributed by atoms with van der Waals surface area (Å²) < 4.78 is 0. The summed E-state index contributed by atoms with van der Waals surface area (Å²) in [4.78, 5) is 22.9. The number of amides is 2. The molecule has 0 saturated heterocycles. The number of aliphatic hydroxyl groups is 1. The summed E-state index contributed by atoms with van der Waals surface area (Å²) in [5.41, 5.74) is -0.550. The SMILES string of the molecule is CC(C)(C)[C@@H](NC(=O)NC1CCC(O)CC1)C(=O)O. The summed E-state index contributed by atoms with van der Waals surface area (Å²) in [7, 11) is 0. The van der Waals surface area contributed by atoms with Gasteiger partial charge in [0.1, 0.15) is 6.04 Å². The van der Waals surface area contributed by atoms with Crippen LogP contribution >= 0.6 is 0 Å². The Bertz CT molecular complexity index is 330. The molecule has 1 fully saturated rings. The normalized spacial score (nSPS) is 25.5. The fraction of sp³-hybridized carbons (Fsp3) is 0.846. The molecule has 110 valence electrons. The maximum Gasteiger partial charge on any atom is 0.326 e. The molecule has 0 heterocycles. The van der Waals surface area contributed by atoms with Crippen LogP contribution in [0.25, 0.3) is 0 Å². The van der Waals surface area contributed by atoms with Crippen molar-refractivity contribution in [2.45, 2.75) is 64.6 Å². The van der Waals surface area contributed by atoms with E-state index in [1.807, 2.05) is 0 Å². The third-order valence-corrected chi connectivity index (χ3v) is 3.42. The fourth-order valence-electron chi connectivity index (χ4n) is 2.23. The number of carbonyl (C=O) groups excluding carboxylic acids is 1. The number of hydrogen-bond acceptors (Lipinski definition) is 3. The average molecular weight is 272 g/mol. The number of hydrogen-bond donors (Lipinski definition) is 4. The molecule has 0 aliphatic heterocycles. The first kappa shape index (κ1) is 15.8. The van der Waals surface area contributed by atoms with E-state index in [9.17, 15) is 14.7 Å². The van der Waals surface area contributed by atoms with Crippen LogP contribution in [0.3, 0.4) is 0 Å². The van der Waals surface area contributed by atoms with E-state index in [2.05, 4.69) is 10.6 Å². The quantitative estimate of drug-likeness (QED) is 0.618. The first-order chi connectivity index (χ1) is 8.70. The molecule has 0 aromatic heterocycles. The van der Waals surface area contributed by atoms with Crippen molar-refractivity contribution in [3.63, 3.8) is 0 Å². The molecule has 1 aliphatic rings. The minimum absolute atomic E-state index is 0.0119. The van der Waals surface area contributed by atoms with Gasteiger partial charge in [-0.25, -0.2) is 9.59 Å². The minimum atomic E-state index is -1.04. The zero-order chi connectivity index (χ0) is 14.6. The molecule has 2 amide bonds. The molecule has 1 saturated carbocycles. The second kappa shape index (κ2) is 6.23. The van der Waals surface area contributed by atoms with Gasteiger partial charge in [0.25, 0.3) is 0 Å². The summed E-state index contributed by atoms with van der Waals surface area (Å²) in [5, 5.41) is 23.8. The van der Waals surface area contributed by atoms with Crippen LogP contribution in [0.5, 0.6) is 0 Å². The van der Waals surface area contributed by atoms with Gasteiger partial charge in [-0.1, -0.05) is 20.8 Å². The molecule has 1 rings (SSSR count). The maximum absolute atomic E-state index is 11.8. The summed E-state index contributed by atoms with van der Waals surface area (Å²) >= 11 is 0. The Morgan fingerprint density at radius 1 is 1.16 bits per heavy atom. The van der Waals surface area contributed by atoms with Crippen molar-refractivity contribution in [1.29, 1.82) is 0 Å². The lowest BCUT2D eigenvalue weighted by molar-refractivity contribution is -0.141. The number of aliphatic hydroxyl groups excluding tert-OH is 1. The Kier molecular flexibility index (Phi) is 5.17. The Hall–Kier alpha value is -1.30. The van der Waals surface area contributed by atoms with E-state index >= 15 is 0 Å². The number of aliphatic carboxylic acids is 1. The van der Waals surface area contributed by atoms with Gasteiger partial charge < -0.3 is 20.8 Å². The summed E-state index contributed by atoms with van der Waals surface area (Å²) in [6.45, 7) is 5.30. The van der Waals surface area contributed by atoms with Gasteiger partial charge in [0.05, 0.1) is 6.10 Å². The molecule has 1 atom stereocenters. The van der Waals surface area contributed by atoms with E-state index in [-0.39, 0.29) is 12.1 Å². The van der Waals surface area contributed by atoms with Gasteiger partial charge in [0, 0.05) is 6.04 Å². The second-order valence-corrected chi connectivity index (χ2v) is 6.26. The van der Waals surface area contributed by atoms with E-state index in [1.54, 1.807) is 20.8 Å². The lowest BCUT2D eigenvalue weighted by atomic mass is 9.87. The standard InChI is InChI=1S/C13H24N2O4/c1-13(2,3)10(11(17)18)15-12(19)14-8-4-6-9(16)7-5-8/h8-10,16H,4-7H2,1-3H3,(H,17,18)(H2,14,15,19)/t8?,9?,10-/m0/s1. The lowest BCUT2D eigenvalue weighted by Gasteiger charge is -2.30. The van der Waals surface area contributed by atoms with Crippen molar-refractivity contribution in [2.24, 2.45) is 5.41 Å². The molecule has 19 heavy (non-hydrogen) atoms. The molecule has 0 aromatic rings. The zero-order valence-corrected chi connectivity index (χ0v) is 11.8. The maximum atomic E-state index is 11.8. The van der Waals surface area contributed by atoms with Gasteiger partial charge in [-0.3, -0.25) is 0 Å². The molecule has 6 nitrogen and oxygen atoms in total. The van der Waals surface area contributed by atoms with Gasteiger partial charge in [-0.2, -0.15) is 0 Å². The van der Waals surface area contributed by atoms with Crippen LogP contribution in [0, 0.1) is 5.41 Å². The van der Waals surface area contributed by atoms with E-state index in [1.165, 1.54) is 0 Å². The molecular weight excluding hydrogens is 248 g/mol. The van der Waals surface area contributed by atoms with Gasteiger partial charge >= 0.3 is 12.0 Å². The highest BCUT2D eigenvalue weighted by Gasteiger charge is 2.33. The van der Waals surface area contributed by atoms with Crippen LogP contribution in [0.15, 0.2) is 0 Å². The van der Waals surface area contributed by atoms with Crippen molar-refractivity contribution < 1.29 is 19.8 Å². The monoisotopic (exact) mass is 272 g/mol. The van der Waals surface area contributed by atoms with E-state index < -0.39 is 23.5 Å². The van der Waals surface area contributed by atoms with Gasteiger partial charge in [-0.15, -0.1) is 0 Å². The van der Waals surface area contributed by atoms with Crippen LogP contribution in [-0.4, -0.2) is 40.4 Å². The summed E-state index contributed by atoms with van der Waals surface area (Å²) in [6, 6.07) is -1.37. The largest absolute Gasteiger partial charge is 0.480 e. The molecule has 6 heteroatoms. The van der Waals surface area contributed by atoms with Gasteiger partial charge in [-0.05, 0) is 31.1 Å². The zero-order valence-electron chi connectivity index (χ0n) is 11.8. The van der Waals surface area contributed by atoms with Crippen LogP contribution in [0.1, 0.15) is 46.5 Å². The van der Waals surface area contributed by atoms with Crippen molar-refractivity contribution in [1.82, 2.24) is 10.6 Å². The molecule has 0 unspecified atom stereocenters. The van der Waals surface area contributed by atoms with Crippen LogP contribution in [0.4, 0.5) is 4.79 Å². The number of carboxylic acid groups (broad SMARTS) is 1. The Morgan fingerprint density at radius 2 is 1.68 bits per heavy atom. The Labute approximate surface area is 113 Å². The molecule has 4 N–H and O–H groups in total. The van der Waals surface area contributed by atoms with E-state index in [0.29, 0.717) is 12.8 Å². The average Bonchev–Trinajstić information content (AvgIpc) is 2.27. The predicted octanol–water partition coefficient (Wildman–Crippen LogP) is 1.09. The van der Waals surface area contributed by atoms with E-state index in [0.717, 1.165) is 12.8 Å². The molecular formula is C13H24N2O4. The third kappa shape index (κ3) is 5.06. The topological polar surface area (TPSA) is 98.7 Å². The first-order valence-corrected chi connectivity index (χ1v) is 6.68.